The van der Waals surface area contributed by atoms with Gasteiger partial charge in [-0.2, -0.15) is 0 Å². The molecule has 0 aliphatic rings. The highest BCUT2D eigenvalue weighted by molar-refractivity contribution is 4.92. The summed E-state index contributed by atoms with van der Waals surface area (Å²) >= 11 is 0. The van der Waals surface area contributed by atoms with Crippen molar-refractivity contribution in [3.63, 3.8) is 0 Å². The highest BCUT2D eigenvalue weighted by atomic mass is 14.2. The molecule has 0 heterocycles. The lowest BCUT2D eigenvalue weighted by Gasteiger charge is -2.25. The Labute approximate surface area is 85.1 Å². The van der Waals surface area contributed by atoms with Crippen LogP contribution in [0.3, 0.4) is 0 Å². The summed E-state index contributed by atoms with van der Waals surface area (Å²) in [5, 5.41) is 0. The van der Waals surface area contributed by atoms with Crippen LogP contribution in [0.15, 0.2) is 0 Å². The van der Waals surface area contributed by atoms with E-state index in [2.05, 4.69) is 41.5 Å². The molecule has 0 aliphatic heterocycles. The normalized spacial score (nSPS) is 14.5. The number of hydrogen-bond acceptors (Lipinski definition) is 0. The first-order chi connectivity index (χ1) is 5.97. The van der Waals surface area contributed by atoms with Crippen LogP contribution >= 0.6 is 0 Å². The maximum Gasteiger partial charge on any atom is -0.0238 e. The van der Waals surface area contributed by atoms with Crippen LogP contribution in [0.5, 0.6) is 0 Å². The molecule has 0 rings (SSSR count). The highest BCUT2D eigenvalue weighted by Crippen LogP contribution is 2.29. The Bertz CT molecular complexity index is 113. The molecule has 0 nitrogen and oxygen atoms in total. The molecule has 13 heavy (non-hydrogen) atoms. The van der Waals surface area contributed by atoms with Crippen molar-refractivity contribution >= 4 is 0 Å². The molecule has 0 fully saturated rings. The lowest BCUT2D eigenvalue weighted by molar-refractivity contribution is 0.380. The van der Waals surface area contributed by atoms with Crippen molar-refractivity contribution in [2.75, 3.05) is 0 Å². The molecule has 0 saturated heterocycles. The third-order valence-electron chi connectivity index (χ3n) is 2.68. The molecule has 0 aromatic rings. The monoisotopic (exact) mass is 183 g/mol. The van der Waals surface area contributed by atoms with Crippen LogP contribution in [0.25, 0.3) is 0 Å². The summed E-state index contributed by atoms with van der Waals surface area (Å²) in [4.78, 5) is 0. The molecule has 1 atom stereocenters. The van der Waals surface area contributed by atoms with E-state index < -0.39 is 0 Å². The molecule has 0 heteroatoms. The summed E-state index contributed by atoms with van der Waals surface area (Å²) in [6.45, 7) is 13.9. The third-order valence-corrected chi connectivity index (χ3v) is 2.68. The van der Waals surface area contributed by atoms with Crippen LogP contribution in [-0.4, -0.2) is 0 Å². The molecule has 0 spiro atoms. The predicted octanol–water partition coefficient (Wildman–Crippen LogP) is 4.70. The second-order valence-electron chi connectivity index (χ2n) is 5.18. The van der Waals surface area contributed by atoms with Crippen molar-refractivity contribution in [1.29, 1.82) is 0 Å². The Kier molecular flexibility index (Phi) is 6.45. The first kappa shape index (κ1) is 13.0. The van der Waals surface area contributed by atoms with Crippen molar-refractivity contribution in [3.05, 3.63) is 5.92 Å². The molecule has 0 amide bonds. The first-order valence-corrected chi connectivity index (χ1v) is 5.79. The fraction of sp³-hybridized carbons (Fsp3) is 0.923. The van der Waals surface area contributed by atoms with Crippen molar-refractivity contribution < 1.29 is 0 Å². The average molecular weight is 183 g/mol. The molecule has 0 aliphatic carbocycles. The summed E-state index contributed by atoms with van der Waals surface area (Å²) in [7, 11) is 0. The van der Waals surface area contributed by atoms with Gasteiger partial charge in [-0.1, -0.05) is 48.0 Å². The van der Waals surface area contributed by atoms with Gasteiger partial charge in [0.2, 0.25) is 0 Å². The zero-order chi connectivity index (χ0) is 10.4. The van der Waals surface area contributed by atoms with Gasteiger partial charge in [-0.05, 0) is 36.5 Å². The second-order valence-corrected chi connectivity index (χ2v) is 5.18. The summed E-state index contributed by atoms with van der Waals surface area (Å²) in [6, 6.07) is 0. The average Bonchev–Trinajstić information content (AvgIpc) is 1.98. The Morgan fingerprint density at radius 3 is 1.85 bits per heavy atom. The Hall–Kier alpha value is 0. The molecule has 79 valence electrons. The molecule has 0 N–H and O–H groups in total. The summed E-state index contributed by atoms with van der Waals surface area (Å²) in [5.41, 5.74) is 0. The largest absolute Gasteiger partial charge is 0.0651 e. The van der Waals surface area contributed by atoms with Crippen molar-refractivity contribution in [2.24, 2.45) is 17.8 Å². The van der Waals surface area contributed by atoms with Crippen molar-refractivity contribution in [1.82, 2.24) is 0 Å². The summed E-state index contributed by atoms with van der Waals surface area (Å²) in [5.74, 6) is 4.24. The van der Waals surface area contributed by atoms with E-state index in [0.29, 0.717) is 0 Å². The zero-order valence-electron chi connectivity index (χ0n) is 10.4. The van der Waals surface area contributed by atoms with Crippen LogP contribution in [0.1, 0.15) is 60.8 Å². The molecule has 0 saturated carbocycles. The molecule has 0 aromatic carbocycles. The third kappa shape index (κ3) is 6.12. The lowest BCUT2D eigenvalue weighted by atomic mass is 9.80. The van der Waals surface area contributed by atoms with Gasteiger partial charge in [-0.15, -0.1) is 0 Å². The van der Waals surface area contributed by atoms with Gasteiger partial charge >= 0.3 is 0 Å². The predicted molar refractivity (Wildman–Crippen MR) is 61.6 cm³/mol. The number of hydrogen-bond donors (Lipinski definition) is 0. The minimum Gasteiger partial charge on any atom is -0.0651 e. The van der Waals surface area contributed by atoms with Crippen LogP contribution < -0.4 is 0 Å². The van der Waals surface area contributed by atoms with Gasteiger partial charge in [-0.25, -0.2) is 0 Å². The lowest BCUT2D eigenvalue weighted by Crippen LogP contribution is -2.13. The van der Waals surface area contributed by atoms with Gasteiger partial charge in [0.15, 0.2) is 0 Å². The topological polar surface area (TPSA) is 0 Å². The van der Waals surface area contributed by atoms with Crippen LogP contribution in [0.4, 0.5) is 0 Å². The van der Waals surface area contributed by atoms with Gasteiger partial charge in [-0.3, -0.25) is 0 Å². The second kappa shape index (κ2) is 6.45. The van der Waals surface area contributed by atoms with Crippen LogP contribution in [0.2, 0.25) is 0 Å². The minimum atomic E-state index is 0.821. The zero-order valence-corrected chi connectivity index (χ0v) is 10.4. The smallest absolute Gasteiger partial charge is 0.0238 e. The fourth-order valence-corrected chi connectivity index (χ4v) is 2.10. The molecular weight excluding hydrogens is 156 g/mol. The molecule has 0 bridgehead atoms. The van der Waals surface area contributed by atoms with E-state index in [1.807, 2.05) is 0 Å². The molecule has 0 aromatic heterocycles. The van der Waals surface area contributed by atoms with E-state index in [4.69, 9.17) is 0 Å². The quantitative estimate of drug-likeness (QED) is 0.560. The number of rotatable bonds is 6. The molecule has 1 radical (unpaired) electrons. The SMILES string of the molecule is CCC(CC(C)C)[C](C)CC(C)C. The first-order valence-electron chi connectivity index (χ1n) is 5.79. The van der Waals surface area contributed by atoms with E-state index >= 15 is 0 Å². The van der Waals surface area contributed by atoms with E-state index in [9.17, 15) is 0 Å². The summed E-state index contributed by atoms with van der Waals surface area (Å²) < 4.78 is 0. The Balaban J connectivity index is 3.91. The standard InChI is InChI=1S/C13H27/c1-7-13(9-11(4)5)12(6)8-10(2)3/h10-11,13H,7-9H2,1-6H3. The highest BCUT2D eigenvalue weighted by Gasteiger charge is 2.17. The van der Waals surface area contributed by atoms with E-state index in [0.717, 1.165) is 17.8 Å². The van der Waals surface area contributed by atoms with Gasteiger partial charge in [0.25, 0.3) is 0 Å². The van der Waals surface area contributed by atoms with Gasteiger partial charge < -0.3 is 0 Å². The van der Waals surface area contributed by atoms with Crippen LogP contribution in [-0.2, 0) is 0 Å². The van der Waals surface area contributed by atoms with Crippen molar-refractivity contribution in [3.8, 4) is 0 Å². The molecule has 1 unspecified atom stereocenters. The maximum absolute atomic E-state index is 2.34. The van der Waals surface area contributed by atoms with Crippen LogP contribution in [0, 0.1) is 23.7 Å². The Morgan fingerprint density at radius 1 is 1.00 bits per heavy atom. The maximum atomic E-state index is 2.34. The van der Waals surface area contributed by atoms with Crippen molar-refractivity contribution in [2.45, 2.75) is 60.8 Å². The summed E-state index contributed by atoms with van der Waals surface area (Å²) in [6.07, 6.45) is 4.00. The fourth-order valence-electron chi connectivity index (χ4n) is 2.10. The van der Waals surface area contributed by atoms with Gasteiger partial charge in [0.1, 0.15) is 0 Å². The molecular formula is C13H27. The Morgan fingerprint density at radius 2 is 1.54 bits per heavy atom. The van der Waals surface area contributed by atoms with E-state index in [1.54, 1.807) is 5.92 Å². The minimum absolute atomic E-state index is 0.821. The van der Waals surface area contributed by atoms with Gasteiger partial charge in [0.05, 0.1) is 0 Å². The van der Waals surface area contributed by atoms with Gasteiger partial charge in [0, 0.05) is 0 Å². The van der Waals surface area contributed by atoms with E-state index in [1.165, 1.54) is 19.3 Å². The van der Waals surface area contributed by atoms with E-state index in [-0.39, 0.29) is 0 Å².